The number of halogens is 2. The molecule has 0 spiro atoms. The molecule has 0 amide bonds. The third-order valence-corrected chi connectivity index (χ3v) is 2.43. The van der Waals surface area contributed by atoms with Crippen LogP contribution >= 0.6 is 45.2 Å². The SMILES string of the molecule is CC(C)(CCC=C(I)I)[N+](=O)[O-]. The van der Waals surface area contributed by atoms with Gasteiger partial charge in [-0.15, -0.1) is 0 Å². The maximum atomic E-state index is 10.5. The van der Waals surface area contributed by atoms with Crippen molar-refractivity contribution in [3.63, 3.8) is 0 Å². The third-order valence-electron chi connectivity index (χ3n) is 1.55. The fraction of sp³-hybridized carbons (Fsp3) is 0.714. The van der Waals surface area contributed by atoms with Crippen molar-refractivity contribution >= 4 is 45.2 Å². The molecule has 0 saturated carbocycles. The zero-order chi connectivity index (χ0) is 9.78. The highest BCUT2D eigenvalue weighted by atomic mass is 127. The maximum Gasteiger partial charge on any atom is 0.217 e. The molecule has 0 rings (SSSR count). The molecule has 3 nitrogen and oxygen atoms in total. The van der Waals surface area contributed by atoms with Crippen molar-refractivity contribution in [2.75, 3.05) is 0 Å². The fourth-order valence-corrected chi connectivity index (χ4v) is 1.25. The number of nitro groups is 1. The lowest BCUT2D eigenvalue weighted by Crippen LogP contribution is -2.30. The van der Waals surface area contributed by atoms with Crippen LogP contribution in [0.3, 0.4) is 0 Å². The van der Waals surface area contributed by atoms with Gasteiger partial charge in [0.2, 0.25) is 5.54 Å². The van der Waals surface area contributed by atoms with Crippen molar-refractivity contribution in [2.24, 2.45) is 0 Å². The number of hydrogen-bond donors (Lipinski definition) is 0. The van der Waals surface area contributed by atoms with Gasteiger partial charge in [0.15, 0.2) is 0 Å². The summed E-state index contributed by atoms with van der Waals surface area (Å²) >= 11 is 4.38. The summed E-state index contributed by atoms with van der Waals surface area (Å²) in [5, 5.41) is 10.5. The minimum absolute atomic E-state index is 0.221. The van der Waals surface area contributed by atoms with E-state index in [1.807, 2.05) is 6.08 Å². The Kier molecular flexibility index (Phi) is 5.62. The van der Waals surface area contributed by atoms with Crippen molar-refractivity contribution < 1.29 is 4.92 Å². The van der Waals surface area contributed by atoms with Crippen LogP contribution in [0.25, 0.3) is 0 Å². The average molecular weight is 395 g/mol. The minimum atomic E-state index is -0.792. The number of nitrogens with zero attached hydrogens (tertiary/aromatic N) is 1. The van der Waals surface area contributed by atoms with Crippen molar-refractivity contribution in [3.05, 3.63) is 17.8 Å². The molecule has 0 aromatic rings. The molecule has 0 radical (unpaired) electrons. The lowest BCUT2D eigenvalue weighted by Gasteiger charge is -2.13. The van der Waals surface area contributed by atoms with Crippen LogP contribution in [-0.4, -0.2) is 10.5 Å². The van der Waals surface area contributed by atoms with Gasteiger partial charge in [-0.25, -0.2) is 0 Å². The van der Waals surface area contributed by atoms with Gasteiger partial charge >= 0.3 is 0 Å². The topological polar surface area (TPSA) is 43.1 Å². The Labute approximate surface area is 99.4 Å². The van der Waals surface area contributed by atoms with Crippen LogP contribution in [0.5, 0.6) is 0 Å². The number of allylic oxidation sites excluding steroid dienone is 1. The zero-order valence-electron chi connectivity index (χ0n) is 7.01. The predicted octanol–water partition coefficient (Wildman–Crippen LogP) is 3.53. The van der Waals surface area contributed by atoms with E-state index < -0.39 is 5.54 Å². The molecule has 0 aliphatic heterocycles. The Hall–Kier alpha value is 0.600. The van der Waals surface area contributed by atoms with Gasteiger partial charge in [-0.1, -0.05) is 6.08 Å². The van der Waals surface area contributed by atoms with Gasteiger partial charge in [0.25, 0.3) is 0 Å². The molecule has 0 fully saturated rings. The summed E-state index contributed by atoms with van der Waals surface area (Å²) in [4.78, 5) is 10.3. The van der Waals surface area contributed by atoms with E-state index >= 15 is 0 Å². The van der Waals surface area contributed by atoms with E-state index in [9.17, 15) is 10.1 Å². The van der Waals surface area contributed by atoms with Crippen LogP contribution in [-0.2, 0) is 0 Å². The van der Waals surface area contributed by atoms with Crippen LogP contribution in [0, 0.1) is 10.1 Å². The van der Waals surface area contributed by atoms with E-state index in [0.29, 0.717) is 6.42 Å². The van der Waals surface area contributed by atoms with Gasteiger partial charge < -0.3 is 0 Å². The summed E-state index contributed by atoms with van der Waals surface area (Å²) in [6.45, 7) is 3.31. The van der Waals surface area contributed by atoms with Crippen molar-refractivity contribution in [3.8, 4) is 0 Å². The van der Waals surface area contributed by atoms with Gasteiger partial charge in [-0.3, -0.25) is 10.1 Å². The molecular weight excluding hydrogens is 384 g/mol. The first-order chi connectivity index (χ1) is 5.36. The standard InChI is InChI=1S/C7H11I2NO2/c1-7(2,10(11)12)5-3-4-6(8)9/h4H,3,5H2,1-2H3. The Morgan fingerprint density at radius 1 is 1.58 bits per heavy atom. The second kappa shape index (κ2) is 5.36. The molecule has 0 atom stereocenters. The summed E-state index contributed by atoms with van der Waals surface area (Å²) in [5.74, 6) is 0. The van der Waals surface area contributed by atoms with Gasteiger partial charge in [-0.05, 0) is 51.6 Å². The van der Waals surface area contributed by atoms with E-state index in [4.69, 9.17) is 0 Å². The van der Waals surface area contributed by atoms with Crippen LogP contribution in [0.4, 0.5) is 0 Å². The molecule has 0 aliphatic rings. The second-order valence-electron chi connectivity index (χ2n) is 3.10. The van der Waals surface area contributed by atoms with Crippen LogP contribution in [0.1, 0.15) is 26.7 Å². The molecule has 0 aromatic carbocycles. The smallest absolute Gasteiger partial charge is 0.217 e. The molecule has 12 heavy (non-hydrogen) atoms. The lowest BCUT2D eigenvalue weighted by molar-refractivity contribution is -0.561. The molecule has 5 heteroatoms. The fourth-order valence-electron chi connectivity index (χ4n) is 0.626. The molecule has 0 aromatic heterocycles. The van der Waals surface area contributed by atoms with Gasteiger partial charge in [0.1, 0.15) is 0 Å². The summed E-state index contributed by atoms with van der Waals surface area (Å²) in [6.07, 6.45) is 3.37. The quantitative estimate of drug-likeness (QED) is 0.416. The predicted molar refractivity (Wildman–Crippen MR) is 66.4 cm³/mol. The molecule has 0 bridgehead atoms. The highest BCUT2D eigenvalue weighted by Gasteiger charge is 2.29. The normalized spacial score (nSPS) is 11.0. The Morgan fingerprint density at radius 2 is 2.08 bits per heavy atom. The van der Waals surface area contributed by atoms with Crippen LogP contribution < -0.4 is 0 Å². The highest BCUT2D eigenvalue weighted by Crippen LogP contribution is 2.20. The maximum absolute atomic E-state index is 10.5. The molecule has 0 N–H and O–H groups in total. The van der Waals surface area contributed by atoms with Gasteiger partial charge in [0, 0.05) is 26.8 Å². The van der Waals surface area contributed by atoms with Gasteiger partial charge in [0.05, 0.1) is 0 Å². The van der Waals surface area contributed by atoms with Gasteiger partial charge in [-0.2, -0.15) is 0 Å². The third kappa shape index (κ3) is 5.28. The van der Waals surface area contributed by atoms with Crippen molar-refractivity contribution in [1.82, 2.24) is 0 Å². The van der Waals surface area contributed by atoms with Crippen LogP contribution in [0.2, 0.25) is 0 Å². The summed E-state index contributed by atoms with van der Waals surface area (Å²) in [6, 6.07) is 0. The van der Waals surface area contributed by atoms with E-state index in [1.165, 1.54) is 0 Å². The first-order valence-electron chi connectivity index (χ1n) is 3.52. The van der Waals surface area contributed by atoms with E-state index in [2.05, 4.69) is 45.2 Å². The summed E-state index contributed by atoms with van der Waals surface area (Å²) in [5.41, 5.74) is -0.792. The number of rotatable bonds is 4. The van der Waals surface area contributed by atoms with Crippen molar-refractivity contribution in [2.45, 2.75) is 32.2 Å². The molecule has 0 heterocycles. The molecular formula is C7H11I2NO2. The minimum Gasteiger partial charge on any atom is -0.264 e. The van der Waals surface area contributed by atoms with E-state index in [-0.39, 0.29) is 4.92 Å². The van der Waals surface area contributed by atoms with Crippen molar-refractivity contribution in [1.29, 1.82) is 0 Å². The average Bonchev–Trinajstić information content (AvgIpc) is 1.85. The molecule has 0 unspecified atom stereocenters. The zero-order valence-corrected chi connectivity index (χ0v) is 11.3. The summed E-state index contributed by atoms with van der Waals surface area (Å²) < 4.78 is 1.16. The lowest BCUT2D eigenvalue weighted by atomic mass is 10.00. The van der Waals surface area contributed by atoms with E-state index in [1.54, 1.807) is 13.8 Å². The Balaban J connectivity index is 3.93. The first kappa shape index (κ1) is 12.6. The molecule has 0 saturated heterocycles. The molecule has 0 aliphatic carbocycles. The Morgan fingerprint density at radius 3 is 2.42 bits per heavy atom. The van der Waals surface area contributed by atoms with Crippen LogP contribution in [0.15, 0.2) is 7.66 Å². The summed E-state index contributed by atoms with van der Waals surface area (Å²) in [7, 11) is 0. The Bertz CT molecular complexity index is 198. The van der Waals surface area contributed by atoms with E-state index in [0.717, 1.165) is 8.01 Å². The number of hydrogen-bond acceptors (Lipinski definition) is 2. The monoisotopic (exact) mass is 395 g/mol. The first-order valence-corrected chi connectivity index (χ1v) is 5.67. The highest BCUT2D eigenvalue weighted by molar-refractivity contribution is 14.2. The second-order valence-corrected chi connectivity index (χ2v) is 7.49. The molecule has 70 valence electrons. The largest absolute Gasteiger partial charge is 0.264 e.